The zero-order valence-electron chi connectivity index (χ0n) is 19.2. The number of benzene rings is 1. The van der Waals surface area contributed by atoms with Crippen molar-refractivity contribution in [2.24, 2.45) is 10.9 Å². The van der Waals surface area contributed by atoms with Crippen LogP contribution >= 0.6 is 24.0 Å². The number of carbonyl (C=O) groups excluding carboxylic acids is 2. The maximum atomic E-state index is 12.5. The van der Waals surface area contributed by atoms with Crippen LogP contribution in [0.2, 0.25) is 0 Å². The lowest BCUT2D eigenvalue weighted by Crippen LogP contribution is -2.39. The van der Waals surface area contributed by atoms with E-state index in [1.54, 1.807) is 0 Å². The van der Waals surface area contributed by atoms with Crippen molar-refractivity contribution in [3.05, 3.63) is 29.8 Å². The Labute approximate surface area is 209 Å². The molecule has 0 spiro atoms. The first-order chi connectivity index (χ1) is 15.2. The summed E-state index contributed by atoms with van der Waals surface area (Å²) < 4.78 is 0. The van der Waals surface area contributed by atoms with E-state index in [1.807, 2.05) is 36.1 Å². The van der Waals surface area contributed by atoms with Gasteiger partial charge in [-0.25, -0.2) is 4.99 Å². The molecule has 32 heavy (non-hydrogen) atoms. The summed E-state index contributed by atoms with van der Waals surface area (Å²) >= 11 is 0. The largest absolute Gasteiger partial charge is 0.357 e. The first kappa shape index (κ1) is 26.4. The summed E-state index contributed by atoms with van der Waals surface area (Å²) in [4.78, 5) is 30.8. The summed E-state index contributed by atoms with van der Waals surface area (Å²) in [6.07, 6.45) is 8.13. The molecule has 3 N–H and O–H groups in total. The molecule has 1 aromatic carbocycles. The highest BCUT2D eigenvalue weighted by atomic mass is 127. The number of hydrogen-bond donors (Lipinski definition) is 3. The molecule has 1 aliphatic heterocycles. The van der Waals surface area contributed by atoms with Gasteiger partial charge in [0, 0.05) is 44.2 Å². The van der Waals surface area contributed by atoms with Crippen LogP contribution in [-0.4, -0.2) is 48.9 Å². The van der Waals surface area contributed by atoms with Crippen LogP contribution in [0.25, 0.3) is 0 Å². The van der Waals surface area contributed by atoms with Crippen LogP contribution in [0.5, 0.6) is 0 Å². The second kappa shape index (κ2) is 14.3. The molecule has 1 saturated heterocycles. The summed E-state index contributed by atoms with van der Waals surface area (Å²) in [5.41, 5.74) is 1.90. The maximum Gasteiger partial charge on any atom is 0.227 e. The highest BCUT2D eigenvalue weighted by molar-refractivity contribution is 14.0. The number of carbonyl (C=O) groups is 2. The fourth-order valence-electron chi connectivity index (χ4n) is 4.29. The van der Waals surface area contributed by atoms with Crippen molar-refractivity contribution in [3.8, 4) is 0 Å². The summed E-state index contributed by atoms with van der Waals surface area (Å²) in [7, 11) is 0. The van der Waals surface area contributed by atoms with Crippen LogP contribution in [0.3, 0.4) is 0 Å². The summed E-state index contributed by atoms with van der Waals surface area (Å²) in [5, 5.41) is 9.71. The van der Waals surface area contributed by atoms with Crippen LogP contribution in [0, 0.1) is 5.92 Å². The van der Waals surface area contributed by atoms with Crippen molar-refractivity contribution in [2.45, 2.75) is 64.8 Å². The topological polar surface area (TPSA) is 85.8 Å². The van der Waals surface area contributed by atoms with E-state index in [0.29, 0.717) is 13.0 Å². The molecule has 0 atom stereocenters. The number of amides is 2. The molecule has 0 aromatic heterocycles. The zero-order chi connectivity index (χ0) is 21.9. The van der Waals surface area contributed by atoms with Crippen molar-refractivity contribution in [1.82, 2.24) is 15.5 Å². The number of likely N-dealkylation sites (tertiary alicyclic amines) is 1. The zero-order valence-corrected chi connectivity index (χ0v) is 21.5. The van der Waals surface area contributed by atoms with Crippen LogP contribution < -0.4 is 16.0 Å². The molecular weight excluding hydrogens is 517 g/mol. The second-order valence-corrected chi connectivity index (χ2v) is 8.48. The van der Waals surface area contributed by atoms with Gasteiger partial charge in [-0.1, -0.05) is 31.4 Å². The fraction of sp³-hybridized carbons (Fsp3) is 0.625. The lowest BCUT2D eigenvalue weighted by atomic mass is 9.88. The Morgan fingerprint density at radius 2 is 1.97 bits per heavy atom. The Balaban J connectivity index is 0.00000363. The Hall–Kier alpha value is -1.84. The van der Waals surface area contributed by atoms with Crippen molar-refractivity contribution in [2.75, 3.05) is 31.5 Å². The molecule has 2 aliphatic rings. The lowest BCUT2D eigenvalue weighted by Gasteiger charge is -2.20. The SMILES string of the molecule is CCNC(=NCc1cccc(NC(=O)C2CCCCC2)c1)NCCCN1CCCC1=O.I. The highest BCUT2D eigenvalue weighted by Gasteiger charge is 2.21. The quantitative estimate of drug-likeness (QED) is 0.187. The van der Waals surface area contributed by atoms with Crippen molar-refractivity contribution >= 4 is 47.4 Å². The number of rotatable bonds is 9. The third-order valence-corrected chi connectivity index (χ3v) is 6.00. The average molecular weight is 556 g/mol. The predicted molar refractivity (Wildman–Crippen MR) is 140 cm³/mol. The Kier molecular flexibility index (Phi) is 11.8. The number of guanidine groups is 1. The molecule has 178 valence electrons. The number of anilines is 1. The molecule has 7 nitrogen and oxygen atoms in total. The van der Waals surface area contributed by atoms with E-state index in [4.69, 9.17) is 0 Å². The monoisotopic (exact) mass is 555 g/mol. The second-order valence-electron chi connectivity index (χ2n) is 8.48. The van der Waals surface area contributed by atoms with E-state index >= 15 is 0 Å². The van der Waals surface area contributed by atoms with Gasteiger partial charge in [-0.2, -0.15) is 0 Å². The van der Waals surface area contributed by atoms with Gasteiger partial charge in [-0.05, 0) is 50.3 Å². The molecule has 1 saturated carbocycles. The van der Waals surface area contributed by atoms with Gasteiger partial charge in [-0.3, -0.25) is 9.59 Å². The number of hydrogen-bond acceptors (Lipinski definition) is 3. The molecule has 0 unspecified atom stereocenters. The number of aliphatic imine (C=N–C) groups is 1. The molecule has 1 heterocycles. The molecule has 3 rings (SSSR count). The summed E-state index contributed by atoms with van der Waals surface area (Å²) in [6, 6.07) is 7.95. The predicted octanol–water partition coefficient (Wildman–Crippen LogP) is 3.89. The highest BCUT2D eigenvalue weighted by Crippen LogP contribution is 2.25. The number of nitrogens with zero attached hydrogens (tertiary/aromatic N) is 2. The molecule has 1 aromatic rings. The maximum absolute atomic E-state index is 12.5. The third kappa shape index (κ3) is 8.60. The van der Waals surface area contributed by atoms with E-state index in [0.717, 1.165) is 81.9 Å². The van der Waals surface area contributed by atoms with Crippen LogP contribution in [0.4, 0.5) is 5.69 Å². The Morgan fingerprint density at radius 1 is 1.16 bits per heavy atom. The smallest absolute Gasteiger partial charge is 0.227 e. The summed E-state index contributed by atoms with van der Waals surface area (Å²) in [5.74, 6) is 1.34. The van der Waals surface area contributed by atoms with Crippen LogP contribution in [0.1, 0.15) is 63.9 Å². The standard InChI is InChI=1S/C24H37N5O2.HI/c1-2-25-24(26-14-8-16-29-15-7-13-22(29)30)27-18-19-9-6-12-21(17-19)28-23(31)20-10-4-3-5-11-20;/h6,9,12,17,20H,2-5,7-8,10-11,13-16,18H2,1H3,(H,28,31)(H2,25,26,27);1H. The number of nitrogens with one attached hydrogen (secondary N) is 3. The van der Waals surface area contributed by atoms with Gasteiger partial charge in [-0.15, -0.1) is 24.0 Å². The van der Waals surface area contributed by atoms with E-state index in [-0.39, 0.29) is 41.7 Å². The molecule has 0 radical (unpaired) electrons. The van der Waals surface area contributed by atoms with Crippen LogP contribution in [0.15, 0.2) is 29.3 Å². The van der Waals surface area contributed by atoms with Crippen molar-refractivity contribution in [3.63, 3.8) is 0 Å². The fourth-order valence-corrected chi connectivity index (χ4v) is 4.29. The van der Waals surface area contributed by atoms with E-state index in [1.165, 1.54) is 6.42 Å². The normalized spacial score (nSPS) is 17.1. The third-order valence-electron chi connectivity index (χ3n) is 6.00. The average Bonchev–Trinajstić information content (AvgIpc) is 3.20. The Bertz CT molecular complexity index is 765. The Morgan fingerprint density at radius 3 is 2.69 bits per heavy atom. The van der Waals surface area contributed by atoms with E-state index < -0.39 is 0 Å². The van der Waals surface area contributed by atoms with Gasteiger partial charge in [0.2, 0.25) is 11.8 Å². The first-order valence-electron chi connectivity index (χ1n) is 11.9. The van der Waals surface area contributed by atoms with Crippen molar-refractivity contribution in [1.29, 1.82) is 0 Å². The van der Waals surface area contributed by atoms with Gasteiger partial charge in [0.15, 0.2) is 5.96 Å². The van der Waals surface area contributed by atoms with E-state index in [2.05, 4.69) is 20.9 Å². The molecule has 2 amide bonds. The molecule has 1 aliphatic carbocycles. The number of halogens is 1. The van der Waals surface area contributed by atoms with Gasteiger partial charge in [0.05, 0.1) is 6.54 Å². The van der Waals surface area contributed by atoms with Crippen molar-refractivity contribution < 1.29 is 9.59 Å². The minimum Gasteiger partial charge on any atom is -0.357 e. The molecule has 0 bridgehead atoms. The van der Waals surface area contributed by atoms with Crippen LogP contribution in [-0.2, 0) is 16.1 Å². The molecule has 2 fully saturated rings. The minimum absolute atomic E-state index is 0. The minimum atomic E-state index is 0. The van der Waals surface area contributed by atoms with E-state index in [9.17, 15) is 9.59 Å². The van der Waals surface area contributed by atoms with Gasteiger partial charge in [0.1, 0.15) is 0 Å². The van der Waals surface area contributed by atoms with Gasteiger partial charge >= 0.3 is 0 Å². The molecular formula is C24H38IN5O2. The molecule has 8 heteroatoms. The first-order valence-corrected chi connectivity index (χ1v) is 11.9. The van der Waals surface area contributed by atoms with Gasteiger partial charge in [0.25, 0.3) is 0 Å². The van der Waals surface area contributed by atoms with Gasteiger partial charge < -0.3 is 20.9 Å². The lowest BCUT2D eigenvalue weighted by molar-refractivity contribution is -0.127. The summed E-state index contributed by atoms with van der Waals surface area (Å²) in [6.45, 7) is 5.82.